The average molecular weight is 411 g/mol. The minimum absolute atomic E-state index is 0.0813. The van der Waals surface area contributed by atoms with Gasteiger partial charge in [-0.1, -0.05) is 42.5 Å². The van der Waals surface area contributed by atoms with E-state index >= 15 is 0 Å². The SMILES string of the molecule is O=C(CCc1ccccc1)N1CCC(N2CCC(Oc3ccccc3F)CC2)CC1. The molecule has 0 radical (unpaired) electrons. The van der Waals surface area contributed by atoms with Crippen LogP contribution < -0.4 is 4.74 Å². The van der Waals surface area contributed by atoms with E-state index in [9.17, 15) is 9.18 Å². The quantitative estimate of drug-likeness (QED) is 0.712. The summed E-state index contributed by atoms with van der Waals surface area (Å²) in [6, 6.07) is 17.4. The van der Waals surface area contributed by atoms with Gasteiger partial charge in [-0.3, -0.25) is 9.69 Å². The van der Waals surface area contributed by atoms with E-state index in [-0.39, 0.29) is 17.8 Å². The van der Waals surface area contributed by atoms with Crippen molar-refractivity contribution < 1.29 is 13.9 Å². The molecular weight excluding hydrogens is 379 g/mol. The first-order chi connectivity index (χ1) is 14.7. The van der Waals surface area contributed by atoms with Crippen molar-refractivity contribution in [3.8, 4) is 5.75 Å². The molecule has 2 aliphatic heterocycles. The molecule has 0 saturated carbocycles. The van der Waals surface area contributed by atoms with E-state index in [1.165, 1.54) is 11.6 Å². The Kier molecular flexibility index (Phi) is 7.00. The first-order valence-electron chi connectivity index (χ1n) is 11.2. The van der Waals surface area contributed by atoms with Crippen molar-refractivity contribution in [1.29, 1.82) is 0 Å². The van der Waals surface area contributed by atoms with Crippen LogP contribution in [0.3, 0.4) is 0 Å². The number of likely N-dealkylation sites (tertiary alicyclic amines) is 2. The Bertz CT molecular complexity index is 813. The maximum absolute atomic E-state index is 13.8. The molecule has 0 aromatic heterocycles. The van der Waals surface area contributed by atoms with Crippen LogP contribution in [0.5, 0.6) is 5.75 Å². The van der Waals surface area contributed by atoms with Crippen LogP contribution in [0.2, 0.25) is 0 Å². The van der Waals surface area contributed by atoms with E-state index in [0.717, 1.165) is 58.3 Å². The molecule has 0 aliphatic carbocycles. The van der Waals surface area contributed by atoms with Crippen LogP contribution in [-0.2, 0) is 11.2 Å². The lowest BCUT2D eigenvalue weighted by Crippen LogP contribution is -2.50. The van der Waals surface area contributed by atoms with Gasteiger partial charge in [0.2, 0.25) is 5.91 Å². The van der Waals surface area contributed by atoms with Crippen molar-refractivity contribution in [2.45, 2.75) is 50.7 Å². The maximum atomic E-state index is 13.8. The van der Waals surface area contributed by atoms with E-state index in [1.807, 2.05) is 29.2 Å². The topological polar surface area (TPSA) is 32.8 Å². The Morgan fingerprint density at radius 3 is 2.27 bits per heavy atom. The minimum Gasteiger partial charge on any atom is -0.487 e. The van der Waals surface area contributed by atoms with Crippen LogP contribution >= 0.6 is 0 Å². The molecular formula is C25H31FN2O2. The fourth-order valence-corrected chi connectivity index (χ4v) is 4.61. The van der Waals surface area contributed by atoms with Gasteiger partial charge in [-0.2, -0.15) is 0 Å². The van der Waals surface area contributed by atoms with Gasteiger partial charge in [0.05, 0.1) is 0 Å². The fraction of sp³-hybridized carbons (Fsp3) is 0.480. The highest BCUT2D eigenvalue weighted by atomic mass is 19.1. The normalized spacial score (nSPS) is 19.0. The smallest absolute Gasteiger partial charge is 0.222 e. The molecule has 2 fully saturated rings. The van der Waals surface area contributed by atoms with Crippen LogP contribution in [0, 0.1) is 5.82 Å². The molecule has 160 valence electrons. The zero-order valence-electron chi connectivity index (χ0n) is 17.5. The number of carbonyl (C=O) groups is 1. The highest BCUT2D eigenvalue weighted by molar-refractivity contribution is 5.76. The van der Waals surface area contributed by atoms with Crippen molar-refractivity contribution in [3.63, 3.8) is 0 Å². The molecule has 0 bridgehead atoms. The molecule has 4 rings (SSSR count). The van der Waals surface area contributed by atoms with Crippen molar-refractivity contribution in [3.05, 3.63) is 66.0 Å². The number of nitrogens with zero attached hydrogens (tertiary/aromatic N) is 2. The third kappa shape index (κ3) is 5.39. The van der Waals surface area contributed by atoms with Crippen LogP contribution in [0.15, 0.2) is 54.6 Å². The summed E-state index contributed by atoms with van der Waals surface area (Å²) < 4.78 is 19.7. The Morgan fingerprint density at radius 2 is 1.57 bits per heavy atom. The summed E-state index contributed by atoms with van der Waals surface area (Å²) in [5.74, 6) is 0.344. The molecule has 4 nitrogen and oxygen atoms in total. The molecule has 0 atom stereocenters. The van der Waals surface area contributed by atoms with Crippen molar-refractivity contribution in [2.75, 3.05) is 26.2 Å². The van der Waals surface area contributed by atoms with Gasteiger partial charge >= 0.3 is 0 Å². The van der Waals surface area contributed by atoms with E-state index in [4.69, 9.17) is 4.74 Å². The van der Waals surface area contributed by atoms with Gasteiger partial charge in [-0.25, -0.2) is 4.39 Å². The van der Waals surface area contributed by atoms with Gasteiger partial charge in [-0.05, 0) is 49.8 Å². The van der Waals surface area contributed by atoms with Gasteiger partial charge in [-0.15, -0.1) is 0 Å². The molecule has 2 aliphatic rings. The van der Waals surface area contributed by atoms with Gasteiger partial charge in [0, 0.05) is 38.6 Å². The number of para-hydroxylation sites is 1. The van der Waals surface area contributed by atoms with Gasteiger partial charge in [0.15, 0.2) is 11.6 Å². The number of hydrogen-bond acceptors (Lipinski definition) is 3. The standard InChI is InChI=1S/C25H31FN2O2/c26-23-8-4-5-9-24(23)30-22-14-18-27(19-15-22)21-12-16-28(17-13-21)25(29)11-10-20-6-2-1-3-7-20/h1-9,21-22H,10-19H2. The number of piperidine rings is 2. The predicted octanol–water partition coefficient (Wildman–Crippen LogP) is 4.29. The van der Waals surface area contributed by atoms with Gasteiger partial charge in [0.25, 0.3) is 0 Å². The van der Waals surface area contributed by atoms with Crippen LogP contribution in [-0.4, -0.2) is 54.0 Å². The number of benzene rings is 2. The monoisotopic (exact) mass is 410 g/mol. The summed E-state index contributed by atoms with van der Waals surface area (Å²) in [5.41, 5.74) is 1.22. The molecule has 2 heterocycles. The first kappa shape index (κ1) is 20.9. The van der Waals surface area contributed by atoms with Crippen molar-refractivity contribution in [1.82, 2.24) is 9.80 Å². The van der Waals surface area contributed by atoms with E-state index < -0.39 is 0 Å². The summed E-state index contributed by atoms with van der Waals surface area (Å²) in [6.07, 6.45) is 5.40. The van der Waals surface area contributed by atoms with E-state index in [2.05, 4.69) is 17.0 Å². The lowest BCUT2D eigenvalue weighted by molar-refractivity contribution is -0.132. The lowest BCUT2D eigenvalue weighted by Gasteiger charge is -2.41. The van der Waals surface area contributed by atoms with Crippen molar-refractivity contribution >= 4 is 5.91 Å². The third-order valence-corrected chi connectivity index (χ3v) is 6.41. The van der Waals surface area contributed by atoms with Crippen LogP contribution in [0.1, 0.15) is 37.7 Å². The second kappa shape index (κ2) is 10.1. The van der Waals surface area contributed by atoms with Crippen LogP contribution in [0.4, 0.5) is 4.39 Å². The lowest BCUT2D eigenvalue weighted by atomic mass is 9.98. The van der Waals surface area contributed by atoms with Crippen molar-refractivity contribution in [2.24, 2.45) is 0 Å². The number of rotatable bonds is 6. The zero-order valence-corrected chi connectivity index (χ0v) is 17.5. The zero-order chi connectivity index (χ0) is 20.8. The molecule has 2 saturated heterocycles. The predicted molar refractivity (Wildman–Crippen MR) is 116 cm³/mol. The highest BCUT2D eigenvalue weighted by Crippen LogP contribution is 2.25. The largest absolute Gasteiger partial charge is 0.487 e. The van der Waals surface area contributed by atoms with E-state index in [0.29, 0.717) is 18.2 Å². The molecule has 2 aromatic rings. The summed E-state index contributed by atoms with van der Waals surface area (Å²) in [5, 5.41) is 0. The summed E-state index contributed by atoms with van der Waals surface area (Å²) >= 11 is 0. The average Bonchev–Trinajstić information content (AvgIpc) is 2.80. The Labute approximate surface area is 178 Å². The number of amides is 1. The van der Waals surface area contributed by atoms with E-state index in [1.54, 1.807) is 12.1 Å². The summed E-state index contributed by atoms with van der Waals surface area (Å²) in [4.78, 5) is 17.1. The van der Waals surface area contributed by atoms with Crippen LogP contribution in [0.25, 0.3) is 0 Å². The molecule has 1 amide bonds. The van der Waals surface area contributed by atoms with Gasteiger partial charge < -0.3 is 9.64 Å². The van der Waals surface area contributed by atoms with Gasteiger partial charge in [0.1, 0.15) is 6.10 Å². The fourth-order valence-electron chi connectivity index (χ4n) is 4.61. The summed E-state index contributed by atoms with van der Waals surface area (Å²) in [7, 11) is 0. The highest BCUT2D eigenvalue weighted by Gasteiger charge is 2.30. The maximum Gasteiger partial charge on any atom is 0.222 e. The number of aryl methyl sites for hydroxylation is 1. The number of ether oxygens (including phenoxy) is 1. The molecule has 2 aromatic carbocycles. The Morgan fingerprint density at radius 1 is 0.900 bits per heavy atom. The Balaban J connectivity index is 1.18. The second-order valence-corrected chi connectivity index (χ2v) is 8.38. The molecule has 30 heavy (non-hydrogen) atoms. The second-order valence-electron chi connectivity index (χ2n) is 8.38. The number of hydrogen-bond donors (Lipinski definition) is 0. The molecule has 0 N–H and O–H groups in total. The Hall–Kier alpha value is -2.40. The first-order valence-corrected chi connectivity index (χ1v) is 11.2. The number of halogens is 1. The number of carbonyl (C=O) groups excluding carboxylic acids is 1. The molecule has 0 spiro atoms. The summed E-state index contributed by atoms with van der Waals surface area (Å²) in [6.45, 7) is 3.66. The third-order valence-electron chi connectivity index (χ3n) is 6.41. The molecule has 0 unspecified atom stereocenters. The minimum atomic E-state index is -0.288. The molecule has 5 heteroatoms.